The zero-order valence-electron chi connectivity index (χ0n) is 10.2. The molecule has 1 fully saturated rings. The molecule has 4 nitrogen and oxygen atoms in total. The second-order valence-corrected chi connectivity index (χ2v) is 5.01. The maximum atomic E-state index is 11.3. The topological polar surface area (TPSA) is 52.6 Å². The molecule has 0 aromatic carbocycles. The molecule has 0 N–H and O–H groups in total. The van der Waals surface area contributed by atoms with E-state index in [2.05, 4.69) is 18.6 Å². The van der Waals surface area contributed by atoms with Crippen molar-refractivity contribution in [1.29, 1.82) is 0 Å². The van der Waals surface area contributed by atoms with E-state index < -0.39 is 11.9 Å². The predicted molar refractivity (Wildman–Crippen MR) is 58.8 cm³/mol. The molecule has 0 radical (unpaired) electrons. The summed E-state index contributed by atoms with van der Waals surface area (Å²) in [6.07, 6.45) is 3.70. The number of hydrogen-bond donors (Lipinski definition) is 0. The molecule has 0 aromatic heterocycles. The monoisotopic (exact) mass is 228 g/mol. The van der Waals surface area contributed by atoms with E-state index in [4.69, 9.17) is 4.74 Å². The van der Waals surface area contributed by atoms with Crippen molar-refractivity contribution < 1.29 is 19.1 Å². The lowest BCUT2D eigenvalue weighted by atomic mass is 9.76. The van der Waals surface area contributed by atoms with Gasteiger partial charge in [-0.3, -0.25) is 0 Å². The van der Waals surface area contributed by atoms with Gasteiger partial charge in [-0.2, -0.15) is 0 Å². The van der Waals surface area contributed by atoms with Crippen LogP contribution in [0.15, 0.2) is 0 Å². The average molecular weight is 228 g/mol. The Morgan fingerprint density at radius 2 is 2.00 bits per heavy atom. The van der Waals surface area contributed by atoms with Crippen LogP contribution in [0.1, 0.15) is 46.5 Å². The Balaban J connectivity index is 2.42. The first-order chi connectivity index (χ1) is 7.44. The highest BCUT2D eigenvalue weighted by Gasteiger charge is 2.31. The highest BCUT2D eigenvalue weighted by atomic mass is 16.6. The predicted octanol–water partition coefficient (Wildman–Crippen LogP) is 2.06. The number of carbonyl (C=O) groups is 2. The van der Waals surface area contributed by atoms with Gasteiger partial charge >= 0.3 is 11.9 Å². The first kappa shape index (κ1) is 13.0. The van der Waals surface area contributed by atoms with Crippen LogP contribution in [0.4, 0.5) is 0 Å². The van der Waals surface area contributed by atoms with Crippen molar-refractivity contribution in [2.45, 2.75) is 52.6 Å². The van der Waals surface area contributed by atoms with Gasteiger partial charge in [-0.1, -0.05) is 13.8 Å². The maximum absolute atomic E-state index is 11.3. The fourth-order valence-electron chi connectivity index (χ4n) is 2.12. The second kappa shape index (κ2) is 5.32. The fraction of sp³-hybridized carbons (Fsp3) is 0.833. The van der Waals surface area contributed by atoms with Crippen LogP contribution in [-0.4, -0.2) is 24.6 Å². The van der Waals surface area contributed by atoms with Gasteiger partial charge in [-0.15, -0.1) is 0 Å². The summed E-state index contributed by atoms with van der Waals surface area (Å²) in [5.74, 6) is -1.74. The zero-order chi connectivity index (χ0) is 12.2. The van der Waals surface area contributed by atoms with Gasteiger partial charge < -0.3 is 9.47 Å². The van der Waals surface area contributed by atoms with Crippen molar-refractivity contribution in [3.05, 3.63) is 0 Å². The van der Waals surface area contributed by atoms with Crippen LogP contribution in [0.5, 0.6) is 0 Å². The van der Waals surface area contributed by atoms with Crippen LogP contribution in [0.2, 0.25) is 0 Å². The van der Waals surface area contributed by atoms with Gasteiger partial charge in [0.1, 0.15) is 6.10 Å². The van der Waals surface area contributed by atoms with Gasteiger partial charge in [0.15, 0.2) is 0 Å². The van der Waals surface area contributed by atoms with Gasteiger partial charge in [0.25, 0.3) is 0 Å². The van der Waals surface area contributed by atoms with E-state index in [-0.39, 0.29) is 18.1 Å². The molecule has 0 saturated heterocycles. The molecule has 1 saturated carbocycles. The number of rotatable bonds is 2. The summed E-state index contributed by atoms with van der Waals surface area (Å²) >= 11 is 0. The van der Waals surface area contributed by atoms with Crippen LogP contribution in [0.3, 0.4) is 0 Å². The van der Waals surface area contributed by atoms with Crippen LogP contribution in [-0.2, 0) is 19.1 Å². The Labute approximate surface area is 96.3 Å². The van der Waals surface area contributed by atoms with Gasteiger partial charge in [-0.05, 0) is 38.0 Å². The molecule has 0 bridgehead atoms. The molecule has 0 heterocycles. The average Bonchev–Trinajstić information content (AvgIpc) is 2.16. The van der Waals surface area contributed by atoms with Crippen molar-refractivity contribution in [2.75, 3.05) is 6.61 Å². The highest BCUT2D eigenvalue weighted by molar-refractivity contribution is 6.29. The molecule has 92 valence electrons. The molecule has 0 aromatic rings. The summed E-state index contributed by atoms with van der Waals surface area (Å²) < 4.78 is 9.71. The third-order valence-corrected chi connectivity index (χ3v) is 2.88. The molecule has 1 atom stereocenters. The van der Waals surface area contributed by atoms with Crippen LogP contribution in [0, 0.1) is 5.41 Å². The van der Waals surface area contributed by atoms with Crippen molar-refractivity contribution in [3.63, 3.8) is 0 Å². The van der Waals surface area contributed by atoms with Crippen molar-refractivity contribution in [3.8, 4) is 0 Å². The summed E-state index contributed by atoms with van der Waals surface area (Å²) in [5, 5.41) is 0. The Hall–Kier alpha value is -1.06. The Morgan fingerprint density at radius 1 is 1.31 bits per heavy atom. The van der Waals surface area contributed by atoms with Gasteiger partial charge in [0.2, 0.25) is 0 Å². The Kier molecular flexibility index (Phi) is 4.33. The molecule has 0 amide bonds. The van der Waals surface area contributed by atoms with E-state index >= 15 is 0 Å². The smallest absolute Gasteiger partial charge is 0.417 e. The standard InChI is InChI=1S/C12H20O4/c1-4-15-10(13)11(14)16-9-6-5-7-12(2,3)8-9/h9H,4-8H2,1-3H3. The fourth-order valence-corrected chi connectivity index (χ4v) is 2.12. The van der Waals surface area contributed by atoms with Crippen molar-refractivity contribution in [2.24, 2.45) is 5.41 Å². The first-order valence-corrected chi connectivity index (χ1v) is 5.82. The minimum absolute atomic E-state index is 0.138. The summed E-state index contributed by atoms with van der Waals surface area (Å²) in [4.78, 5) is 22.4. The molecule has 1 unspecified atom stereocenters. The molecule has 0 spiro atoms. The summed E-state index contributed by atoms with van der Waals surface area (Å²) in [6.45, 7) is 6.16. The SMILES string of the molecule is CCOC(=O)C(=O)OC1CCCC(C)(C)C1. The second-order valence-electron chi connectivity index (χ2n) is 5.01. The molecular weight excluding hydrogens is 208 g/mol. The van der Waals surface area contributed by atoms with Crippen LogP contribution in [0.25, 0.3) is 0 Å². The minimum Gasteiger partial charge on any atom is -0.458 e. The van der Waals surface area contributed by atoms with E-state index in [9.17, 15) is 9.59 Å². The lowest BCUT2D eigenvalue weighted by Crippen LogP contribution is -2.32. The largest absolute Gasteiger partial charge is 0.458 e. The molecular formula is C12H20O4. The molecule has 1 rings (SSSR count). The molecule has 1 aliphatic carbocycles. The molecule has 1 aliphatic rings. The van der Waals surface area contributed by atoms with E-state index in [1.807, 2.05) is 0 Å². The van der Waals surface area contributed by atoms with E-state index in [0.29, 0.717) is 0 Å². The van der Waals surface area contributed by atoms with E-state index in [1.165, 1.54) is 0 Å². The summed E-state index contributed by atoms with van der Waals surface area (Å²) in [5.41, 5.74) is 0.192. The summed E-state index contributed by atoms with van der Waals surface area (Å²) in [6, 6.07) is 0. The van der Waals surface area contributed by atoms with Crippen molar-refractivity contribution >= 4 is 11.9 Å². The maximum Gasteiger partial charge on any atom is 0.417 e. The lowest BCUT2D eigenvalue weighted by molar-refractivity contribution is -0.172. The van der Waals surface area contributed by atoms with Gasteiger partial charge in [0.05, 0.1) is 6.61 Å². The Bertz CT molecular complexity index is 270. The van der Waals surface area contributed by atoms with Crippen LogP contribution < -0.4 is 0 Å². The number of hydrogen-bond acceptors (Lipinski definition) is 4. The van der Waals surface area contributed by atoms with E-state index in [1.54, 1.807) is 6.92 Å². The lowest BCUT2D eigenvalue weighted by Gasteiger charge is -2.34. The van der Waals surface area contributed by atoms with Crippen LogP contribution >= 0.6 is 0 Å². The third kappa shape index (κ3) is 3.83. The molecule has 16 heavy (non-hydrogen) atoms. The van der Waals surface area contributed by atoms with Gasteiger partial charge in [0, 0.05) is 0 Å². The van der Waals surface area contributed by atoms with Gasteiger partial charge in [-0.25, -0.2) is 9.59 Å². The number of carbonyl (C=O) groups excluding carboxylic acids is 2. The third-order valence-electron chi connectivity index (χ3n) is 2.88. The first-order valence-electron chi connectivity index (χ1n) is 5.82. The molecule has 4 heteroatoms. The number of ether oxygens (including phenoxy) is 2. The van der Waals surface area contributed by atoms with Crippen molar-refractivity contribution in [1.82, 2.24) is 0 Å². The zero-order valence-corrected chi connectivity index (χ0v) is 10.2. The Morgan fingerprint density at radius 3 is 2.56 bits per heavy atom. The quantitative estimate of drug-likeness (QED) is 0.536. The summed E-state index contributed by atoms with van der Waals surface area (Å²) in [7, 11) is 0. The minimum atomic E-state index is -0.883. The highest BCUT2D eigenvalue weighted by Crippen LogP contribution is 2.36. The normalized spacial score (nSPS) is 23.6. The molecule has 0 aliphatic heterocycles. The van der Waals surface area contributed by atoms with E-state index in [0.717, 1.165) is 25.7 Å². The number of esters is 2.